The van der Waals surface area contributed by atoms with Gasteiger partial charge < -0.3 is 5.32 Å². The molecule has 1 amide bonds. The van der Waals surface area contributed by atoms with Crippen molar-refractivity contribution in [1.82, 2.24) is 0 Å². The summed E-state index contributed by atoms with van der Waals surface area (Å²) in [5.41, 5.74) is 1.33. The maximum atomic E-state index is 11.9. The first-order valence-electron chi connectivity index (χ1n) is 6.45. The number of nitrogens with zero attached hydrogens (tertiary/aromatic N) is 1. The fourth-order valence-corrected chi connectivity index (χ4v) is 2.60. The van der Waals surface area contributed by atoms with Crippen molar-refractivity contribution in [3.05, 3.63) is 29.8 Å². The Bertz CT molecular complexity index is 448. The van der Waals surface area contributed by atoms with Gasteiger partial charge in [-0.05, 0) is 49.3 Å². The highest BCUT2D eigenvalue weighted by atomic mass is 32.2. The predicted molar refractivity (Wildman–Crippen MR) is 81.2 cm³/mol. The molecule has 1 aromatic rings. The van der Waals surface area contributed by atoms with Gasteiger partial charge in [-0.2, -0.15) is 5.26 Å². The third kappa shape index (κ3) is 5.80. The van der Waals surface area contributed by atoms with Crippen LogP contribution in [0.25, 0.3) is 0 Å². The molecule has 3 nitrogen and oxygen atoms in total. The van der Waals surface area contributed by atoms with Gasteiger partial charge in [-0.3, -0.25) is 4.79 Å². The molecule has 0 spiro atoms. The number of rotatable bonds is 6. The van der Waals surface area contributed by atoms with Crippen molar-refractivity contribution in [2.45, 2.75) is 32.4 Å². The maximum Gasteiger partial charge on any atom is 0.237 e. The lowest BCUT2D eigenvalue weighted by Crippen LogP contribution is -2.22. The molecule has 102 valence electrons. The Labute approximate surface area is 119 Å². The fraction of sp³-hybridized carbons (Fsp3) is 0.467. The van der Waals surface area contributed by atoms with E-state index >= 15 is 0 Å². The number of carbonyl (C=O) groups is 1. The minimum Gasteiger partial charge on any atom is -0.325 e. The molecule has 1 atom stereocenters. The first-order valence-corrected chi connectivity index (χ1v) is 7.50. The average molecular weight is 276 g/mol. The summed E-state index contributed by atoms with van der Waals surface area (Å²) in [5.74, 6) is 1.68. The standard InChI is InChI=1S/C15H20N2OS/c1-11(2)8-9-19-12(3)15(18)17-14-6-4-13(10-16)5-7-14/h4-7,11-12H,8-9H2,1-3H3,(H,17,18). The van der Waals surface area contributed by atoms with Gasteiger partial charge in [0, 0.05) is 5.69 Å². The number of nitriles is 1. The van der Waals surface area contributed by atoms with Crippen LogP contribution in [0.1, 0.15) is 32.8 Å². The van der Waals surface area contributed by atoms with E-state index in [1.54, 1.807) is 36.0 Å². The Kier molecular flexibility index (Phi) is 6.44. The van der Waals surface area contributed by atoms with E-state index in [2.05, 4.69) is 25.2 Å². The zero-order chi connectivity index (χ0) is 14.3. The first kappa shape index (κ1) is 15.6. The smallest absolute Gasteiger partial charge is 0.237 e. The lowest BCUT2D eigenvalue weighted by Gasteiger charge is -2.12. The van der Waals surface area contributed by atoms with Crippen LogP contribution >= 0.6 is 11.8 Å². The van der Waals surface area contributed by atoms with E-state index in [0.717, 1.165) is 17.9 Å². The van der Waals surface area contributed by atoms with Crippen LogP contribution in [0.5, 0.6) is 0 Å². The molecule has 1 rings (SSSR count). The third-order valence-corrected chi connectivity index (χ3v) is 3.90. The topological polar surface area (TPSA) is 52.9 Å². The monoisotopic (exact) mass is 276 g/mol. The molecule has 0 fully saturated rings. The highest BCUT2D eigenvalue weighted by Crippen LogP contribution is 2.17. The maximum absolute atomic E-state index is 11.9. The zero-order valence-electron chi connectivity index (χ0n) is 11.6. The van der Waals surface area contributed by atoms with E-state index in [9.17, 15) is 4.79 Å². The third-order valence-electron chi connectivity index (χ3n) is 2.71. The van der Waals surface area contributed by atoms with E-state index in [0.29, 0.717) is 11.5 Å². The van der Waals surface area contributed by atoms with Crippen molar-refractivity contribution in [2.24, 2.45) is 5.92 Å². The summed E-state index contributed by atoms with van der Waals surface area (Å²) < 4.78 is 0. The second-order valence-electron chi connectivity index (χ2n) is 4.87. The fourth-order valence-electron chi connectivity index (χ4n) is 1.43. The van der Waals surface area contributed by atoms with E-state index < -0.39 is 0 Å². The SMILES string of the molecule is CC(C)CCSC(C)C(=O)Nc1ccc(C#N)cc1. The number of hydrogen-bond donors (Lipinski definition) is 1. The summed E-state index contributed by atoms with van der Waals surface area (Å²) in [6.07, 6.45) is 1.12. The molecule has 0 saturated carbocycles. The molecule has 0 aliphatic rings. The summed E-state index contributed by atoms with van der Waals surface area (Å²) in [6, 6.07) is 8.96. The molecule has 0 radical (unpaired) electrons. The van der Waals surface area contributed by atoms with Gasteiger partial charge in [0.05, 0.1) is 16.9 Å². The van der Waals surface area contributed by atoms with Gasteiger partial charge in [0.15, 0.2) is 0 Å². The molecule has 0 bridgehead atoms. The molecule has 4 heteroatoms. The highest BCUT2D eigenvalue weighted by molar-refractivity contribution is 8.00. The minimum atomic E-state index is -0.0607. The predicted octanol–water partition coefficient (Wildman–Crippen LogP) is 3.66. The molecule has 1 aromatic carbocycles. The number of carbonyl (C=O) groups excluding carboxylic acids is 1. The molecule has 0 aliphatic carbocycles. The summed E-state index contributed by atoms with van der Waals surface area (Å²) in [4.78, 5) is 11.9. The van der Waals surface area contributed by atoms with Gasteiger partial charge in [-0.15, -0.1) is 11.8 Å². The van der Waals surface area contributed by atoms with Gasteiger partial charge in [-0.1, -0.05) is 13.8 Å². The van der Waals surface area contributed by atoms with Gasteiger partial charge in [-0.25, -0.2) is 0 Å². The number of benzene rings is 1. The Hall–Kier alpha value is -1.47. The van der Waals surface area contributed by atoms with Crippen LogP contribution in [0.3, 0.4) is 0 Å². The molecule has 0 aromatic heterocycles. The van der Waals surface area contributed by atoms with E-state index in [1.165, 1.54) is 0 Å². The molecular weight excluding hydrogens is 256 g/mol. The first-order chi connectivity index (χ1) is 9.02. The second-order valence-corrected chi connectivity index (χ2v) is 6.32. The van der Waals surface area contributed by atoms with Gasteiger partial charge in [0.1, 0.15) is 0 Å². The minimum absolute atomic E-state index is 0.0125. The lowest BCUT2D eigenvalue weighted by atomic mass is 10.2. The lowest BCUT2D eigenvalue weighted by molar-refractivity contribution is -0.115. The van der Waals surface area contributed by atoms with E-state index in [-0.39, 0.29) is 11.2 Å². The Morgan fingerprint density at radius 2 is 1.95 bits per heavy atom. The van der Waals surface area contributed by atoms with Crippen molar-refractivity contribution in [2.75, 3.05) is 11.1 Å². The summed E-state index contributed by atoms with van der Waals surface area (Å²) in [5, 5.41) is 11.5. The highest BCUT2D eigenvalue weighted by Gasteiger charge is 2.13. The largest absolute Gasteiger partial charge is 0.325 e. The van der Waals surface area contributed by atoms with E-state index in [4.69, 9.17) is 5.26 Å². The van der Waals surface area contributed by atoms with Crippen molar-refractivity contribution < 1.29 is 4.79 Å². The van der Waals surface area contributed by atoms with Crippen LogP contribution < -0.4 is 5.32 Å². The summed E-state index contributed by atoms with van der Waals surface area (Å²) >= 11 is 1.68. The van der Waals surface area contributed by atoms with Crippen LogP contribution in [0, 0.1) is 17.2 Å². The Morgan fingerprint density at radius 1 is 1.32 bits per heavy atom. The second kappa shape index (κ2) is 7.85. The van der Waals surface area contributed by atoms with Crippen molar-refractivity contribution >= 4 is 23.4 Å². The molecule has 0 heterocycles. The van der Waals surface area contributed by atoms with Gasteiger partial charge in [0.25, 0.3) is 0 Å². The molecular formula is C15H20N2OS. The van der Waals surface area contributed by atoms with E-state index in [1.807, 2.05) is 6.92 Å². The van der Waals surface area contributed by atoms with Gasteiger partial charge >= 0.3 is 0 Å². The van der Waals surface area contributed by atoms with Crippen LogP contribution in [0.15, 0.2) is 24.3 Å². The molecule has 19 heavy (non-hydrogen) atoms. The molecule has 0 aliphatic heterocycles. The number of nitrogens with one attached hydrogen (secondary N) is 1. The number of amides is 1. The number of hydrogen-bond acceptors (Lipinski definition) is 3. The molecule has 0 saturated heterocycles. The van der Waals surface area contributed by atoms with Crippen molar-refractivity contribution in [3.63, 3.8) is 0 Å². The van der Waals surface area contributed by atoms with Crippen LogP contribution in [-0.4, -0.2) is 16.9 Å². The van der Waals surface area contributed by atoms with Crippen LogP contribution in [0.4, 0.5) is 5.69 Å². The summed E-state index contributed by atoms with van der Waals surface area (Å²) in [7, 11) is 0. The zero-order valence-corrected chi connectivity index (χ0v) is 12.5. The Morgan fingerprint density at radius 3 is 2.47 bits per heavy atom. The van der Waals surface area contributed by atoms with Crippen molar-refractivity contribution in [3.8, 4) is 6.07 Å². The quantitative estimate of drug-likeness (QED) is 0.862. The molecule has 1 N–H and O–H groups in total. The summed E-state index contributed by atoms with van der Waals surface area (Å²) in [6.45, 7) is 6.29. The van der Waals surface area contributed by atoms with Crippen molar-refractivity contribution in [1.29, 1.82) is 5.26 Å². The average Bonchev–Trinajstić information content (AvgIpc) is 2.39. The normalized spacial score (nSPS) is 11.9. The van der Waals surface area contributed by atoms with Crippen LogP contribution in [0.2, 0.25) is 0 Å². The van der Waals surface area contributed by atoms with Gasteiger partial charge in [0.2, 0.25) is 5.91 Å². The number of thioether (sulfide) groups is 1. The molecule has 1 unspecified atom stereocenters. The number of anilines is 1. The van der Waals surface area contributed by atoms with Crippen LogP contribution in [-0.2, 0) is 4.79 Å². The Balaban J connectivity index is 2.42.